The fourth-order valence-electron chi connectivity index (χ4n) is 2.30. The Balaban J connectivity index is 1.59. The molecule has 0 bridgehead atoms. The third-order valence-corrected chi connectivity index (χ3v) is 4.50. The van der Waals surface area contributed by atoms with Crippen molar-refractivity contribution in [1.82, 2.24) is 10.2 Å². The highest BCUT2D eigenvalue weighted by Gasteiger charge is 2.16. The Kier molecular flexibility index (Phi) is 4.97. The summed E-state index contributed by atoms with van der Waals surface area (Å²) in [5.41, 5.74) is 0. The van der Waals surface area contributed by atoms with Crippen molar-refractivity contribution in [1.29, 1.82) is 0 Å². The first-order valence-corrected chi connectivity index (χ1v) is 7.43. The van der Waals surface area contributed by atoms with Gasteiger partial charge in [-0.1, -0.05) is 11.8 Å². The summed E-state index contributed by atoms with van der Waals surface area (Å²) in [4.78, 5) is 6.92. The molecular formula is C12H23N3S. The first-order chi connectivity index (χ1) is 7.84. The molecule has 0 amide bonds. The molecule has 2 heterocycles. The lowest BCUT2D eigenvalue weighted by Gasteiger charge is -2.29. The Morgan fingerprint density at radius 1 is 1.44 bits per heavy atom. The average Bonchev–Trinajstić information content (AvgIpc) is 2.33. The zero-order valence-corrected chi connectivity index (χ0v) is 11.1. The van der Waals surface area contributed by atoms with Crippen molar-refractivity contribution in [3.8, 4) is 0 Å². The molecule has 1 saturated heterocycles. The lowest BCUT2D eigenvalue weighted by molar-refractivity contribution is 0.213. The third kappa shape index (κ3) is 3.98. The maximum Gasteiger partial charge on any atom is 0.156 e. The normalized spacial score (nSPS) is 24.2. The Morgan fingerprint density at radius 3 is 2.94 bits per heavy atom. The minimum atomic E-state index is 0.929. The van der Waals surface area contributed by atoms with Crippen LogP contribution >= 0.6 is 11.8 Å². The zero-order chi connectivity index (χ0) is 11.2. The lowest BCUT2D eigenvalue weighted by Crippen LogP contribution is -2.32. The molecule has 0 unspecified atom stereocenters. The van der Waals surface area contributed by atoms with Crippen molar-refractivity contribution in [2.24, 2.45) is 10.9 Å². The Hall–Kier alpha value is -0.220. The summed E-state index contributed by atoms with van der Waals surface area (Å²) in [6, 6.07) is 0. The molecule has 0 aliphatic carbocycles. The Morgan fingerprint density at radius 2 is 2.25 bits per heavy atom. The first kappa shape index (κ1) is 12.2. The van der Waals surface area contributed by atoms with E-state index in [2.05, 4.69) is 22.3 Å². The number of rotatable bonds is 3. The van der Waals surface area contributed by atoms with Gasteiger partial charge in [-0.3, -0.25) is 4.99 Å². The Labute approximate surface area is 103 Å². The highest BCUT2D eigenvalue weighted by atomic mass is 32.2. The summed E-state index contributed by atoms with van der Waals surface area (Å²) >= 11 is 1.88. The van der Waals surface area contributed by atoms with Crippen LogP contribution in [0.3, 0.4) is 0 Å². The van der Waals surface area contributed by atoms with Crippen molar-refractivity contribution < 1.29 is 0 Å². The molecule has 4 heteroatoms. The summed E-state index contributed by atoms with van der Waals surface area (Å²) in [5, 5.41) is 4.66. The van der Waals surface area contributed by atoms with Crippen molar-refractivity contribution in [3.63, 3.8) is 0 Å². The lowest BCUT2D eigenvalue weighted by atomic mass is 9.94. The van der Waals surface area contributed by atoms with E-state index in [0.717, 1.165) is 19.0 Å². The maximum atomic E-state index is 4.48. The number of thioether (sulfide) groups is 1. The molecule has 2 aliphatic rings. The third-order valence-electron chi connectivity index (χ3n) is 3.46. The molecule has 0 saturated carbocycles. The van der Waals surface area contributed by atoms with E-state index in [1.807, 2.05) is 11.8 Å². The average molecular weight is 241 g/mol. The van der Waals surface area contributed by atoms with Crippen LogP contribution in [0.4, 0.5) is 0 Å². The van der Waals surface area contributed by atoms with Gasteiger partial charge in [0.25, 0.3) is 0 Å². The molecule has 0 atom stereocenters. The van der Waals surface area contributed by atoms with Crippen molar-refractivity contribution >= 4 is 16.9 Å². The topological polar surface area (TPSA) is 27.6 Å². The van der Waals surface area contributed by atoms with Gasteiger partial charge in [-0.15, -0.1) is 0 Å². The second kappa shape index (κ2) is 6.50. The predicted molar refractivity (Wildman–Crippen MR) is 72.2 cm³/mol. The predicted octanol–water partition coefficient (Wildman–Crippen LogP) is 1.80. The number of aliphatic imine (C=N–C) groups is 1. The van der Waals surface area contributed by atoms with Crippen molar-refractivity contribution in [2.45, 2.75) is 25.7 Å². The highest BCUT2D eigenvalue weighted by Crippen LogP contribution is 2.19. The van der Waals surface area contributed by atoms with Gasteiger partial charge >= 0.3 is 0 Å². The van der Waals surface area contributed by atoms with Gasteiger partial charge < -0.3 is 10.2 Å². The van der Waals surface area contributed by atoms with E-state index in [1.165, 1.54) is 49.7 Å². The van der Waals surface area contributed by atoms with Gasteiger partial charge in [0.05, 0.1) is 0 Å². The van der Waals surface area contributed by atoms with Crippen LogP contribution < -0.4 is 5.32 Å². The van der Waals surface area contributed by atoms with Crippen molar-refractivity contribution in [2.75, 3.05) is 39.0 Å². The second-order valence-electron chi connectivity index (χ2n) is 4.85. The molecule has 0 aromatic carbocycles. The molecule has 2 aliphatic heterocycles. The van der Waals surface area contributed by atoms with Crippen LogP contribution in [0.5, 0.6) is 0 Å². The number of hydrogen-bond donors (Lipinski definition) is 1. The standard InChI is InChI=1S/C12H23N3S/c1-15-8-4-11(5-9-15)3-7-14-12-13-6-2-10-16-12/h11H,2-10H2,1H3,(H,13,14). The quantitative estimate of drug-likeness (QED) is 0.816. The Bertz CT molecular complexity index is 234. The number of hydrogen-bond acceptors (Lipinski definition) is 4. The number of nitrogens with one attached hydrogen (secondary N) is 1. The van der Waals surface area contributed by atoms with Gasteiger partial charge in [-0.05, 0) is 51.7 Å². The fourth-order valence-corrected chi connectivity index (χ4v) is 3.15. The summed E-state index contributed by atoms with van der Waals surface area (Å²) in [5.74, 6) is 2.16. The van der Waals surface area contributed by atoms with E-state index >= 15 is 0 Å². The summed E-state index contributed by atoms with van der Waals surface area (Å²) in [7, 11) is 2.22. The van der Waals surface area contributed by atoms with Crippen LogP contribution in [0.25, 0.3) is 0 Å². The van der Waals surface area contributed by atoms with Crippen LogP contribution in [0.15, 0.2) is 4.99 Å². The summed E-state index contributed by atoms with van der Waals surface area (Å²) in [6.45, 7) is 4.69. The van der Waals surface area contributed by atoms with Gasteiger partial charge in [-0.25, -0.2) is 0 Å². The minimum absolute atomic E-state index is 0.929. The number of piperidine rings is 1. The molecular weight excluding hydrogens is 218 g/mol. The summed E-state index contributed by atoms with van der Waals surface area (Å²) in [6.07, 6.45) is 5.30. The molecule has 92 valence electrons. The molecule has 1 N–H and O–H groups in total. The van der Waals surface area contributed by atoms with Gasteiger partial charge in [0.15, 0.2) is 5.17 Å². The molecule has 2 rings (SSSR count). The second-order valence-corrected chi connectivity index (χ2v) is 5.93. The fraction of sp³-hybridized carbons (Fsp3) is 0.917. The van der Waals surface area contributed by atoms with Crippen molar-refractivity contribution in [3.05, 3.63) is 0 Å². The van der Waals surface area contributed by atoms with E-state index in [4.69, 9.17) is 0 Å². The van der Waals surface area contributed by atoms with Crippen LogP contribution in [0.2, 0.25) is 0 Å². The van der Waals surface area contributed by atoms with Gasteiger partial charge in [0, 0.05) is 18.8 Å². The van der Waals surface area contributed by atoms with Crippen LogP contribution in [0.1, 0.15) is 25.7 Å². The maximum absolute atomic E-state index is 4.48. The molecule has 0 aromatic heterocycles. The van der Waals surface area contributed by atoms with E-state index in [0.29, 0.717) is 0 Å². The molecule has 3 nitrogen and oxygen atoms in total. The molecule has 1 fully saturated rings. The molecule has 0 spiro atoms. The molecule has 0 radical (unpaired) electrons. The SMILES string of the molecule is CN1CCC(CCNC2=NCCCS2)CC1. The van der Waals surface area contributed by atoms with Gasteiger partial charge in [0.1, 0.15) is 0 Å². The summed E-state index contributed by atoms with van der Waals surface area (Å²) < 4.78 is 0. The number of amidine groups is 1. The van der Waals surface area contributed by atoms with E-state index in [9.17, 15) is 0 Å². The van der Waals surface area contributed by atoms with Gasteiger partial charge in [-0.2, -0.15) is 0 Å². The number of likely N-dealkylation sites (tertiary alicyclic amines) is 1. The minimum Gasteiger partial charge on any atom is -0.365 e. The van der Waals surface area contributed by atoms with E-state index in [-0.39, 0.29) is 0 Å². The zero-order valence-electron chi connectivity index (χ0n) is 10.2. The monoisotopic (exact) mass is 241 g/mol. The van der Waals surface area contributed by atoms with Crippen LogP contribution in [-0.2, 0) is 0 Å². The highest BCUT2D eigenvalue weighted by molar-refractivity contribution is 8.13. The molecule has 16 heavy (non-hydrogen) atoms. The van der Waals surface area contributed by atoms with E-state index in [1.54, 1.807) is 0 Å². The largest absolute Gasteiger partial charge is 0.365 e. The first-order valence-electron chi connectivity index (χ1n) is 6.44. The van der Waals surface area contributed by atoms with Gasteiger partial charge in [0.2, 0.25) is 0 Å². The number of nitrogens with zero attached hydrogens (tertiary/aromatic N) is 2. The molecule has 0 aromatic rings. The van der Waals surface area contributed by atoms with Crippen LogP contribution in [-0.4, -0.2) is 49.0 Å². The van der Waals surface area contributed by atoms with Crippen LogP contribution in [0, 0.1) is 5.92 Å². The van der Waals surface area contributed by atoms with E-state index < -0.39 is 0 Å². The smallest absolute Gasteiger partial charge is 0.156 e.